The van der Waals surface area contributed by atoms with Gasteiger partial charge in [-0.2, -0.15) is 0 Å². The molecule has 1 aromatic carbocycles. The summed E-state index contributed by atoms with van der Waals surface area (Å²) in [5.74, 6) is 2.00. The summed E-state index contributed by atoms with van der Waals surface area (Å²) < 4.78 is 11.0. The summed E-state index contributed by atoms with van der Waals surface area (Å²) in [6.45, 7) is 11.0. The molecule has 0 bridgehead atoms. The summed E-state index contributed by atoms with van der Waals surface area (Å²) in [7, 11) is 3.24. The predicted molar refractivity (Wildman–Crippen MR) is 101 cm³/mol. The lowest BCUT2D eigenvalue weighted by Crippen LogP contribution is -2.35. The van der Waals surface area contributed by atoms with Crippen LogP contribution in [0.25, 0.3) is 10.8 Å². The van der Waals surface area contributed by atoms with Crippen LogP contribution >= 0.6 is 0 Å². The normalized spacial score (nSPS) is 12.3. The van der Waals surface area contributed by atoms with Gasteiger partial charge in [-0.15, -0.1) is 0 Å². The van der Waals surface area contributed by atoms with Crippen molar-refractivity contribution in [2.75, 3.05) is 25.3 Å². The molecule has 0 amide bonds. The van der Waals surface area contributed by atoms with E-state index in [1.54, 1.807) is 26.5 Å². The number of rotatable bonds is 5. The van der Waals surface area contributed by atoms with Gasteiger partial charge in [-0.3, -0.25) is 0 Å². The van der Waals surface area contributed by atoms with Crippen LogP contribution in [0.3, 0.4) is 0 Å². The van der Waals surface area contributed by atoms with Crippen LogP contribution in [0.4, 0.5) is 11.5 Å². The number of pyridine rings is 1. The number of ether oxygens (including phenoxy) is 2. The Balaban J connectivity index is 2.61. The smallest absolute Gasteiger partial charge is 0.172 e. The van der Waals surface area contributed by atoms with Crippen LogP contribution in [-0.4, -0.2) is 24.7 Å². The summed E-state index contributed by atoms with van der Waals surface area (Å²) in [5, 5.41) is 5.31. The van der Waals surface area contributed by atoms with E-state index in [1.807, 2.05) is 6.07 Å². The van der Waals surface area contributed by atoms with Crippen LogP contribution < -0.4 is 20.5 Å². The van der Waals surface area contributed by atoms with E-state index in [9.17, 15) is 0 Å². The molecule has 5 nitrogen and oxygen atoms in total. The Hall–Kier alpha value is -2.17. The van der Waals surface area contributed by atoms with Crippen LogP contribution in [0.2, 0.25) is 0 Å². The molecule has 0 saturated carbocycles. The van der Waals surface area contributed by atoms with Gasteiger partial charge in [-0.1, -0.05) is 20.8 Å². The topological polar surface area (TPSA) is 69.4 Å². The van der Waals surface area contributed by atoms with E-state index in [-0.39, 0.29) is 11.0 Å². The molecule has 1 aromatic heterocycles. The second-order valence-electron chi connectivity index (χ2n) is 8.03. The summed E-state index contributed by atoms with van der Waals surface area (Å²) in [4.78, 5) is 4.54. The first-order valence-corrected chi connectivity index (χ1v) is 8.15. The van der Waals surface area contributed by atoms with Crippen molar-refractivity contribution in [2.24, 2.45) is 5.41 Å². The number of fused-ring (bicyclic) bond motifs is 1. The fourth-order valence-electron chi connectivity index (χ4n) is 3.48. The van der Waals surface area contributed by atoms with Gasteiger partial charge < -0.3 is 20.5 Å². The molecule has 5 heteroatoms. The first-order chi connectivity index (χ1) is 11.1. The molecular weight excluding hydrogens is 302 g/mol. The lowest BCUT2D eigenvalue weighted by Gasteiger charge is -2.34. The van der Waals surface area contributed by atoms with E-state index < -0.39 is 0 Å². The molecule has 132 valence electrons. The summed E-state index contributed by atoms with van der Waals surface area (Å²) in [6, 6.07) is 3.68. The number of benzene rings is 1. The largest absolute Gasteiger partial charge is 0.493 e. The van der Waals surface area contributed by atoms with Gasteiger partial charge in [-0.25, -0.2) is 4.98 Å². The number of hydrogen-bond acceptors (Lipinski definition) is 5. The molecule has 1 heterocycles. The minimum absolute atomic E-state index is 0.137. The zero-order valence-corrected chi connectivity index (χ0v) is 15.8. The van der Waals surface area contributed by atoms with E-state index in [2.05, 4.69) is 44.9 Å². The molecule has 24 heavy (non-hydrogen) atoms. The highest BCUT2D eigenvalue weighted by Crippen LogP contribution is 2.43. The number of nitrogens with zero attached hydrogens (tertiary/aromatic N) is 1. The molecule has 0 aliphatic carbocycles. The Morgan fingerprint density at radius 2 is 1.79 bits per heavy atom. The monoisotopic (exact) mass is 331 g/mol. The molecule has 3 N–H and O–H groups in total. The summed E-state index contributed by atoms with van der Waals surface area (Å²) in [5.41, 5.74) is 6.90. The Bertz CT molecular complexity index is 733. The predicted octanol–water partition coefficient (Wildman–Crippen LogP) is 4.46. The van der Waals surface area contributed by atoms with E-state index in [0.717, 1.165) is 23.0 Å². The highest BCUT2D eigenvalue weighted by atomic mass is 16.5. The van der Waals surface area contributed by atoms with Crippen LogP contribution in [0.1, 0.15) is 41.0 Å². The van der Waals surface area contributed by atoms with E-state index in [0.29, 0.717) is 17.2 Å². The third kappa shape index (κ3) is 3.83. The fourth-order valence-corrected chi connectivity index (χ4v) is 3.48. The van der Waals surface area contributed by atoms with Crippen molar-refractivity contribution in [3.63, 3.8) is 0 Å². The molecule has 0 aliphatic heterocycles. The van der Waals surface area contributed by atoms with Crippen molar-refractivity contribution in [1.82, 2.24) is 4.98 Å². The van der Waals surface area contributed by atoms with Crippen LogP contribution in [-0.2, 0) is 0 Å². The molecular formula is C19H29N3O2. The molecule has 0 saturated heterocycles. The number of hydrogen-bond donors (Lipinski definition) is 2. The highest BCUT2D eigenvalue weighted by Gasteiger charge is 2.27. The minimum atomic E-state index is -0.137. The quantitative estimate of drug-likeness (QED) is 0.792. The van der Waals surface area contributed by atoms with Gasteiger partial charge in [0.15, 0.2) is 11.5 Å². The van der Waals surface area contributed by atoms with Gasteiger partial charge in [0.05, 0.1) is 19.6 Å². The molecule has 0 aliphatic rings. The van der Waals surface area contributed by atoms with Crippen LogP contribution in [0.5, 0.6) is 11.5 Å². The SMILES string of the molecule is COc1cc(N)c2ccnc(NC(C)(C)CC(C)(C)C)c2c1OC. The number of nitrogens with one attached hydrogen (secondary N) is 1. The average Bonchev–Trinajstić information content (AvgIpc) is 2.44. The van der Waals surface area contributed by atoms with Gasteiger partial charge in [0.2, 0.25) is 0 Å². The summed E-state index contributed by atoms with van der Waals surface area (Å²) in [6.07, 6.45) is 2.75. The second kappa shape index (κ2) is 6.38. The van der Waals surface area contributed by atoms with Crippen molar-refractivity contribution in [2.45, 2.75) is 46.6 Å². The lowest BCUT2D eigenvalue weighted by molar-refractivity contribution is 0.302. The third-order valence-electron chi connectivity index (χ3n) is 3.85. The van der Waals surface area contributed by atoms with Gasteiger partial charge in [0, 0.05) is 28.9 Å². The van der Waals surface area contributed by atoms with E-state index in [4.69, 9.17) is 15.2 Å². The zero-order chi connectivity index (χ0) is 18.1. The van der Waals surface area contributed by atoms with Gasteiger partial charge >= 0.3 is 0 Å². The standard InChI is InChI=1S/C19H29N3O2/c1-18(2,3)11-19(4,5)22-17-15-12(8-9-21-17)13(20)10-14(23-6)16(15)24-7/h8-10H,11,20H2,1-7H3,(H,21,22). The first kappa shape index (κ1) is 18.2. The molecule has 0 radical (unpaired) electrons. The Morgan fingerprint density at radius 3 is 2.33 bits per heavy atom. The number of nitrogens with two attached hydrogens (primary N) is 1. The minimum Gasteiger partial charge on any atom is -0.493 e. The first-order valence-electron chi connectivity index (χ1n) is 8.15. The van der Waals surface area contributed by atoms with Gasteiger partial charge in [0.25, 0.3) is 0 Å². The van der Waals surface area contributed by atoms with Crippen molar-refractivity contribution in [3.8, 4) is 11.5 Å². The van der Waals surface area contributed by atoms with E-state index >= 15 is 0 Å². The highest BCUT2D eigenvalue weighted by molar-refractivity contribution is 6.05. The van der Waals surface area contributed by atoms with Gasteiger partial charge in [-0.05, 0) is 31.7 Å². The molecule has 2 aromatic rings. The van der Waals surface area contributed by atoms with E-state index in [1.165, 1.54) is 0 Å². The van der Waals surface area contributed by atoms with Gasteiger partial charge in [0.1, 0.15) is 5.82 Å². The molecule has 0 spiro atoms. The average molecular weight is 331 g/mol. The molecule has 0 fully saturated rings. The number of methoxy groups -OCH3 is 2. The zero-order valence-electron chi connectivity index (χ0n) is 15.8. The van der Waals surface area contributed by atoms with Crippen LogP contribution in [0.15, 0.2) is 18.3 Å². The van der Waals surface area contributed by atoms with Crippen LogP contribution in [0, 0.1) is 5.41 Å². The second-order valence-corrected chi connectivity index (χ2v) is 8.03. The Morgan fingerprint density at radius 1 is 1.12 bits per heavy atom. The number of aromatic nitrogens is 1. The maximum Gasteiger partial charge on any atom is 0.172 e. The Kier molecular flexibility index (Phi) is 4.83. The third-order valence-corrected chi connectivity index (χ3v) is 3.85. The number of anilines is 2. The van der Waals surface area contributed by atoms with Crippen molar-refractivity contribution < 1.29 is 9.47 Å². The van der Waals surface area contributed by atoms with Crippen molar-refractivity contribution in [1.29, 1.82) is 0 Å². The maximum atomic E-state index is 6.20. The lowest BCUT2D eigenvalue weighted by atomic mass is 9.82. The van der Waals surface area contributed by atoms with Crippen molar-refractivity contribution in [3.05, 3.63) is 18.3 Å². The molecule has 0 atom stereocenters. The number of nitrogen functional groups attached to an aromatic ring is 1. The van der Waals surface area contributed by atoms with Crippen molar-refractivity contribution >= 4 is 22.3 Å². The molecule has 0 unspecified atom stereocenters. The Labute approximate surface area is 144 Å². The maximum absolute atomic E-state index is 6.20. The summed E-state index contributed by atoms with van der Waals surface area (Å²) >= 11 is 0. The molecule has 2 rings (SSSR count). The fraction of sp³-hybridized carbons (Fsp3) is 0.526.